The first-order valence-electron chi connectivity index (χ1n) is 16.1. The summed E-state index contributed by atoms with van der Waals surface area (Å²) in [4.78, 5) is 0. The maximum absolute atomic E-state index is 10.7. The van der Waals surface area contributed by atoms with E-state index < -0.39 is 74.6 Å². The predicted octanol–water partition coefficient (Wildman–Crippen LogP) is 1.89. The van der Waals surface area contributed by atoms with Gasteiger partial charge in [-0.1, -0.05) is 103 Å². The van der Waals surface area contributed by atoms with Crippen LogP contribution in [0.15, 0.2) is 0 Å². The van der Waals surface area contributed by atoms with Crippen LogP contribution in [0.4, 0.5) is 0 Å². The second-order valence-electron chi connectivity index (χ2n) is 11.7. The van der Waals surface area contributed by atoms with E-state index in [4.69, 9.17) is 18.9 Å². The van der Waals surface area contributed by atoms with E-state index in [1.54, 1.807) is 0 Å². The maximum atomic E-state index is 10.7. The molecule has 41 heavy (non-hydrogen) atoms. The number of rotatable bonds is 22. The van der Waals surface area contributed by atoms with Gasteiger partial charge in [0.05, 0.1) is 13.2 Å². The van der Waals surface area contributed by atoms with Crippen LogP contribution in [-0.2, 0) is 18.9 Å². The molecule has 244 valence electrons. The molecule has 10 atom stereocenters. The van der Waals surface area contributed by atoms with Crippen molar-refractivity contribution in [1.29, 1.82) is 0 Å². The highest BCUT2D eigenvalue weighted by Crippen LogP contribution is 2.29. The molecule has 2 rings (SSSR count). The zero-order valence-corrected chi connectivity index (χ0v) is 25.0. The van der Waals surface area contributed by atoms with Crippen molar-refractivity contribution in [2.75, 3.05) is 19.8 Å². The van der Waals surface area contributed by atoms with E-state index in [9.17, 15) is 35.7 Å². The largest absolute Gasteiger partial charge is 0.394 e. The van der Waals surface area contributed by atoms with Crippen LogP contribution in [0, 0.1) is 0 Å². The summed E-state index contributed by atoms with van der Waals surface area (Å²) in [7, 11) is 0. The molecular formula is C30H58O11. The van der Waals surface area contributed by atoms with Crippen molar-refractivity contribution in [3.05, 3.63) is 0 Å². The standard InChI is InChI=1S/C30H58O11/c1-2-3-4-5-6-7-8-9-10-11-12-13-14-15-16-17-18-38-29-27(37)25(35)28(22(20-32)40-29)41-30-26(36)24(34)23(33)21(19-31)39-30/h21-37H,2-20H2,1H3/t21-,22-,23-,24+,25-,26-,27-,28-,29-,30-/m1/s1. The number of hydrogen-bond donors (Lipinski definition) is 7. The van der Waals surface area contributed by atoms with Gasteiger partial charge >= 0.3 is 0 Å². The van der Waals surface area contributed by atoms with E-state index in [0.29, 0.717) is 6.61 Å². The van der Waals surface area contributed by atoms with Gasteiger partial charge in [-0.2, -0.15) is 0 Å². The summed E-state index contributed by atoms with van der Waals surface area (Å²) in [6.07, 6.45) is 5.82. The first-order valence-corrected chi connectivity index (χ1v) is 16.1. The lowest BCUT2D eigenvalue weighted by atomic mass is 9.97. The Morgan fingerprint density at radius 3 is 1.41 bits per heavy atom. The minimum Gasteiger partial charge on any atom is -0.394 e. The SMILES string of the molecule is CCCCCCCCCCCCCCCCCCO[C@@H]1O[C@H](CO)[C@@H](O[C@H]2O[C@H](CO)[C@@H](O)[C@H](O)[C@H]2O)[C@H](O)[C@H]1O. The van der Waals surface area contributed by atoms with Crippen LogP contribution in [0.3, 0.4) is 0 Å². The van der Waals surface area contributed by atoms with E-state index in [0.717, 1.165) is 19.3 Å². The van der Waals surface area contributed by atoms with Crippen LogP contribution < -0.4 is 0 Å². The number of aliphatic hydroxyl groups excluding tert-OH is 7. The second-order valence-corrected chi connectivity index (χ2v) is 11.7. The Morgan fingerprint density at radius 2 is 0.927 bits per heavy atom. The molecule has 0 aromatic heterocycles. The lowest BCUT2D eigenvalue weighted by Crippen LogP contribution is -2.64. The number of hydrogen-bond acceptors (Lipinski definition) is 11. The minimum atomic E-state index is -1.69. The van der Waals surface area contributed by atoms with Crippen LogP contribution in [0.1, 0.15) is 110 Å². The van der Waals surface area contributed by atoms with Crippen LogP contribution in [0.5, 0.6) is 0 Å². The monoisotopic (exact) mass is 594 g/mol. The average molecular weight is 595 g/mol. The van der Waals surface area contributed by atoms with Gasteiger partial charge in [0.25, 0.3) is 0 Å². The Hall–Kier alpha value is -0.440. The maximum Gasteiger partial charge on any atom is 0.187 e. The Morgan fingerprint density at radius 1 is 0.488 bits per heavy atom. The molecule has 0 spiro atoms. The molecule has 11 nitrogen and oxygen atoms in total. The second kappa shape index (κ2) is 21.3. The van der Waals surface area contributed by atoms with Crippen molar-refractivity contribution in [2.45, 2.75) is 171 Å². The van der Waals surface area contributed by atoms with Crippen molar-refractivity contribution < 1.29 is 54.7 Å². The van der Waals surface area contributed by atoms with E-state index in [-0.39, 0.29) is 0 Å². The van der Waals surface area contributed by atoms with Gasteiger partial charge in [0.1, 0.15) is 48.8 Å². The molecule has 2 aliphatic rings. The van der Waals surface area contributed by atoms with Crippen LogP contribution >= 0.6 is 0 Å². The zero-order chi connectivity index (χ0) is 30.0. The molecule has 0 unspecified atom stereocenters. The Labute approximate surface area is 245 Å². The van der Waals surface area contributed by atoms with E-state index in [1.807, 2.05) is 0 Å². The molecule has 0 aromatic carbocycles. The van der Waals surface area contributed by atoms with E-state index >= 15 is 0 Å². The number of aliphatic hydroxyl groups is 7. The molecule has 0 aliphatic carbocycles. The third-order valence-electron chi connectivity index (χ3n) is 8.24. The van der Waals surface area contributed by atoms with Gasteiger partial charge in [-0.05, 0) is 6.42 Å². The fourth-order valence-corrected chi connectivity index (χ4v) is 5.54. The third-order valence-corrected chi connectivity index (χ3v) is 8.24. The highest BCUT2D eigenvalue weighted by atomic mass is 16.7. The molecule has 0 amide bonds. The molecule has 2 heterocycles. The molecular weight excluding hydrogens is 536 g/mol. The molecule has 2 fully saturated rings. The Balaban J connectivity index is 1.56. The van der Waals surface area contributed by atoms with E-state index in [2.05, 4.69) is 6.92 Å². The first-order chi connectivity index (χ1) is 19.8. The lowest BCUT2D eigenvalue weighted by molar-refractivity contribution is -0.359. The molecule has 2 saturated heterocycles. The predicted molar refractivity (Wildman–Crippen MR) is 152 cm³/mol. The third kappa shape index (κ3) is 12.6. The average Bonchev–Trinajstić information content (AvgIpc) is 2.98. The van der Waals surface area contributed by atoms with Crippen molar-refractivity contribution in [2.24, 2.45) is 0 Å². The number of unbranched alkanes of at least 4 members (excludes halogenated alkanes) is 15. The van der Waals surface area contributed by atoms with Crippen molar-refractivity contribution in [1.82, 2.24) is 0 Å². The van der Waals surface area contributed by atoms with Gasteiger partial charge in [-0.15, -0.1) is 0 Å². The van der Waals surface area contributed by atoms with Crippen molar-refractivity contribution in [3.63, 3.8) is 0 Å². The summed E-state index contributed by atoms with van der Waals surface area (Å²) in [5, 5.41) is 70.5. The summed E-state index contributed by atoms with van der Waals surface area (Å²) in [5.74, 6) is 0. The van der Waals surface area contributed by atoms with Crippen LogP contribution in [0.2, 0.25) is 0 Å². The first kappa shape index (κ1) is 36.8. The van der Waals surface area contributed by atoms with Gasteiger partial charge in [0.15, 0.2) is 12.6 Å². The van der Waals surface area contributed by atoms with Crippen LogP contribution in [0.25, 0.3) is 0 Å². The lowest BCUT2D eigenvalue weighted by Gasteiger charge is -2.45. The quantitative estimate of drug-likeness (QED) is 0.0910. The molecule has 0 radical (unpaired) electrons. The summed E-state index contributed by atoms with van der Waals surface area (Å²) in [6, 6.07) is 0. The summed E-state index contributed by atoms with van der Waals surface area (Å²) in [5.41, 5.74) is 0. The zero-order valence-electron chi connectivity index (χ0n) is 25.0. The minimum absolute atomic E-state index is 0.323. The summed E-state index contributed by atoms with van der Waals surface area (Å²) in [6.45, 7) is 1.35. The molecule has 0 aromatic rings. The van der Waals surface area contributed by atoms with Gasteiger partial charge in [-0.25, -0.2) is 0 Å². The normalized spacial score (nSPS) is 34.2. The summed E-state index contributed by atoms with van der Waals surface area (Å²) >= 11 is 0. The fraction of sp³-hybridized carbons (Fsp3) is 1.00. The molecule has 2 aliphatic heterocycles. The van der Waals surface area contributed by atoms with E-state index in [1.165, 1.54) is 83.5 Å². The van der Waals surface area contributed by atoms with Crippen molar-refractivity contribution >= 4 is 0 Å². The smallest absolute Gasteiger partial charge is 0.187 e. The highest BCUT2D eigenvalue weighted by Gasteiger charge is 2.50. The highest BCUT2D eigenvalue weighted by molar-refractivity contribution is 4.94. The summed E-state index contributed by atoms with van der Waals surface area (Å²) < 4.78 is 22.2. The van der Waals surface area contributed by atoms with Gasteiger partial charge in [0, 0.05) is 6.61 Å². The Kier molecular flexibility index (Phi) is 19.1. The van der Waals surface area contributed by atoms with Gasteiger partial charge in [0.2, 0.25) is 0 Å². The van der Waals surface area contributed by atoms with Gasteiger partial charge in [-0.3, -0.25) is 0 Å². The fourth-order valence-electron chi connectivity index (χ4n) is 5.54. The number of ether oxygens (including phenoxy) is 4. The van der Waals surface area contributed by atoms with Gasteiger partial charge < -0.3 is 54.7 Å². The molecule has 0 saturated carbocycles. The Bertz CT molecular complexity index is 638. The molecule has 0 bridgehead atoms. The molecule has 7 N–H and O–H groups in total. The van der Waals surface area contributed by atoms with Crippen molar-refractivity contribution in [3.8, 4) is 0 Å². The van der Waals surface area contributed by atoms with Crippen LogP contribution in [-0.4, -0.2) is 117 Å². The molecule has 11 heteroatoms. The topological polar surface area (TPSA) is 179 Å².